The van der Waals surface area contributed by atoms with Gasteiger partial charge in [-0.1, -0.05) is 36.0 Å². The fraction of sp³-hybridized carbons (Fsp3) is 0.0909. The van der Waals surface area contributed by atoms with Gasteiger partial charge in [-0.3, -0.25) is 0 Å². The molecule has 0 spiro atoms. The van der Waals surface area contributed by atoms with E-state index in [1.807, 2.05) is 19.0 Å². The maximum atomic E-state index is 5.94. The Morgan fingerprint density at radius 3 is 2.79 bits per heavy atom. The van der Waals surface area contributed by atoms with Gasteiger partial charge >= 0.3 is 0 Å². The van der Waals surface area contributed by atoms with Crippen LogP contribution in [0.4, 0.5) is 0 Å². The Morgan fingerprint density at radius 1 is 1.29 bits per heavy atom. The fourth-order valence-electron chi connectivity index (χ4n) is 1.43. The van der Waals surface area contributed by atoms with Gasteiger partial charge in [0.1, 0.15) is 7.28 Å². The molecular weight excluding hydrogens is 210 g/mol. The lowest BCUT2D eigenvalue weighted by Gasteiger charge is -2.05. The van der Waals surface area contributed by atoms with E-state index in [2.05, 4.69) is 30.9 Å². The molecule has 69 valence electrons. The highest BCUT2D eigenvalue weighted by molar-refractivity contribution is 7.13. The third-order valence-electron chi connectivity index (χ3n) is 2.11. The molecule has 3 heteroatoms. The largest absolute Gasteiger partial charge is 0.149 e. The molecule has 0 saturated carbocycles. The highest BCUT2D eigenvalue weighted by Gasteiger charge is 2.04. The third-order valence-corrected chi connectivity index (χ3v) is 3.25. The van der Waals surface area contributed by atoms with E-state index in [9.17, 15) is 0 Å². The first-order valence-electron chi connectivity index (χ1n) is 4.44. The molecule has 0 fully saturated rings. The van der Waals surface area contributed by atoms with E-state index < -0.39 is 0 Å². The van der Waals surface area contributed by atoms with Gasteiger partial charge in [0.05, 0.1) is 0 Å². The van der Waals surface area contributed by atoms with Crippen LogP contribution in [0.1, 0.15) is 0 Å². The molecule has 2 aromatic rings. The van der Waals surface area contributed by atoms with Crippen LogP contribution in [0, 0.1) is 0 Å². The Balaban J connectivity index is 2.53. The van der Waals surface area contributed by atoms with Crippen LogP contribution >= 0.6 is 22.9 Å². The van der Waals surface area contributed by atoms with Crippen molar-refractivity contribution in [2.45, 2.75) is 6.82 Å². The van der Waals surface area contributed by atoms with Crippen molar-refractivity contribution in [3.63, 3.8) is 0 Å². The minimum absolute atomic E-state index is 0.790. The molecule has 0 atom stereocenters. The molecule has 0 aliphatic carbocycles. The summed E-state index contributed by atoms with van der Waals surface area (Å²) in [5.41, 5.74) is 2.45. The van der Waals surface area contributed by atoms with Gasteiger partial charge in [0.25, 0.3) is 0 Å². The first kappa shape index (κ1) is 9.82. The predicted molar refractivity (Wildman–Crippen MR) is 66.0 cm³/mol. The second kappa shape index (κ2) is 4.20. The molecule has 0 unspecified atom stereocenters. The first-order valence-corrected chi connectivity index (χ1v) is 5.70. The van der Waals surface area contributed by atoms with E-state index in [-0.39, 0.29) is 0 Å². The summed E-state index contributed by atoms with van der Waals surface area (Å²) in [7, 11) is 2.08. The quantitative estimate of drug-likeness (QED) is 0.679. The molecular formula is C11H9BClS. The van der Waals surface area contributed by atoms with Gasteiger partial charge in [-0.05, 0) is 29.1 Å². The molecule has 14 heavy (non-hydrogen) atoms. The molecule has 0 bridgehead atoms. The normalized spacial score (nSPS) is 10.1. The van der Waals surface area contributed by atoms with Gasteiger partial charge in [0.2, 0.25) is 0 Å². The van der Waals surface area contributed by atoms with Crippen LogP contribution < -0.4 is 5.46 Å². The number of benzene rings is 1. The van der Waals surface area contributed by atoms with Gasteiger partial charge in [-0.25, -0.2) is 0 Å². The van der Waals surface area contributed by atoms with Crippen LogP contribution in [-0.2, 0) is 0 Å². The smallest absolute Gasteiger partial charge is 0.144 e. The molecule has 0 saturated heterocycles. The van der Waals surface area contributed by atoms with Gasteiger partial charge in [0.15, 0.2) is 0 Å². The Kier molecular flexibility index (Phi) is 2.94. The topological polar surface area (TPSA) is 0 Å². The standard InChI is InChI=1S/C11H9BClS/c1-12-10-7-8(13)4-5-9(10)11-3-2-6-14-11/h2-7H,1H3. The lowest BCUT2D eigenvalue weighted by atomic mass is 9.71. The van der Waals surface area contributed by atoms with Crippen LogP contribution in [0.25, 0.3) is 10.4 Å². The van der Waals surface area contributed by atoms with Crippen LogP contribution in [0.2, 0.25) is 11.8 Å². The SMILES string of the molecule is C[B]c1cc(Cl)ccc1-c1cccs1. The van der Waals surface area contributed by atoms with E-state index in [1.54, 1.807) is 11.3 Å². The summed E-state index contributed by atoms with van der Waals surface area (Å²) in [5, 5.41) is 2.88. The summed E-state index contributed by atoms with van der Waals surface area (Å²) < 4.78 is 0. The van der Waals surface area contributed by atoms with Crippen molar-refractivity contribution >= 4 is 35.7 Å². The molecule has 0 N–H and O–H groups in total. The average Bonchev–Trinajstić information content (AvgIpc) is 2.70. The van der Waals surface area contributed by atoms with Crippen LogP contribution in [0.15, 0.2) is 35.7 Å². The first-order chi connectivity index (χ1) is 6.81. The summed E-state index contributed by atoms with van der Waals surface area (Å²) >= 11 is 7.69. The fourth-order valence-corrected chi connectivity index (χ4v) is 2.38. The van der Waals surface area contributed by atoms with Gasteiger partial charge in [0, 0.05) is 9.90 Å². The Bertz CT molecular complexity index is 423. The van der Waals surface area contributed by atoms with E-state index in [4.69, 9.17) is 11.6 Å². The molecule has 0 aliphatic heterocycles. The summed E-state index contributed by atoms with van der Waals surface area (Å²) in [6.45, 7) is 2.03. The Labute approximate surface area is 93.8 Å². The minimum Gasteiger partial charge on any atom is -0.144 e. The average molecular weight is 220 g/mol. The maximum absolute atomic E-state index is 5.94. The highest BCUT2D eigenvalue weighted by atomic mass is 35.5. The van der Waals surface area contributed by atoms with Crippen LogP contribution in [-0.4, -0.2) is 7.28 Å². The third kappa shape index (κ3) is 1.86. The number of hydrogen-bond donors (Lipinski definition) is 0. The van der Waals surface area contributed by atoms with Crippen molar-refractivity contribution in [3.05, 3.63) is 40.7 Å². The number of halogens is 1. The van der Waals surface area contributed by atoms with Crippen molar-refractivity contribution in [1.29, 1.82) is 0 Å². The summed E-state index contributed by atoms with van der Waals surface area (Å²) in [6, 6.07) is 10.2. The van der Waals surface area contributed by atoms with Crippen LogP contribution in [0.5, 0.6) is 0 Å². The zero-order chi connectivity index (χ0) is 9.97. The van der Waals surface area contributed by atoms with Crippen LogP contribution in [0.3, 0.4) is 0 Å². The molecule has 1 heterocycles. The van der Waals surface area contributed by atoms with E-state index in [1.165, 1.54) is 15.9 Å². The zero-order valence-electron chi connectivity index (χ0n) is 7.83. The lowest BCUT2D eigenvalue weighted by molar-refractivity contribution is 1.74. The van der Waals surface area contributed by atoms with Crippen molar-refractivity contribution in [2.75, 3.05) is 0 Å². The van der Waals surface area contributed by atoms with E-state index in [0.717, 1.165) is 5.02 Å². The van der Waals surface area contributed by atoms with Crippen molar-refractivity contribution in [3.8, 4) is 10.4 Å². The van der Waals surface area contributed by atoms with Crippen molar-refractivity contribution in [1.82, 2.24) is 0 Å². The van der Waals surface area contributed by atoms with Gasteiger partial charge < -0.3 is 0 Å². The van der Waals surface area contributed by atoms with Gasteiger partial charge in [-0.15, -0.1) is 11.3 Å². The molecule has 1 aromatic heterocycles. The molecule has 0 amide bonds. The molecule has 1 radical (unpaired) electrons. The molecule has 0 nitrogen and oxygen atoms in total. The van der Waals surface area contributed by atoms with E-state index in [0.29, 0.717) is 0 Å². The summed E-state index contributed by atoms with van der Waals surface area (Å²) in [4.78, 5) is 1.29. The van der Waals surface area contributed by atoms with Crippen molar-refractivity contribution < 1.29 is 0 Å². The Morgan fingerprint density at radius 2 is 2.14 bits per heavy atom. The predicted octanol–water partition coefficient (Wildman–Crippen LogP) is 3.45. The molecule has 2 rings (SSSR count). The number of hydrogen-bond acceptors (Lipinski definition) is 1. The summed E-state index contributed by atoms with van der Waals surface area (Å²) in [5.74, 6) is 0. The molecule has 0 aliphatic rings. The second-order valence-electron chi connectivity index (χ2n) is 3.00. The second-order valence-corrected chi connectivity index (χ2v) is 4.38. The Hall–Kier alpha value is -0.725. The molecule has 1 aromatic carbocycles. The number of rotatable bonds is 2. The lowest BCUT2D eigenvalue weighted by Crippen LogP contribution is -2.13. The summed E-state index contributed by atoms with van der Waals surface area (Å²) in [6.07, 6.45) is 0. The van der Waals surface area contributed by atoms with Gasteiger partial charge in [-0.2, -0.15) is 0 Å². The highest BCUT2D eigenvalue weighted by Crippen LogP contribution is 2.24. The zero-order valence-corrected chi connectivity index (χ0v) is 9.40. The van der Waals surface area contributed by atoms with Crippen molar-refractivity contribution in [2.24, 2.45) is 0 Å². The van der Waals surface area contributed by atoms with E-state index >= 15 is 0 Å². The maximum Gasteiger partial charge on any atom is 0.149 e. The monoisotopic (exact) mass is 219 g/mol. The number of thiophene rings is 1. The minimum atomic E-state index is 0.790.